The summed E-state index contributed by atoms with van der Waals surface area (Å²) in [6.07, 6.45) is 4.18. The molecular formula is C14H27N3O3. The highest BCUT2D eigenvalue weighted by molar-refractivity contribution is 5.82. The second kappa shape index (κ2) is 8.79. The molecule has 1 aliphatic heterocycles. The van der Waals surface area contributed by atoms with E-state index >= 15 is 0 Å². The summed E-state index contributed by atoms with van der Waals surface area (Å²) in [4.78, 5) is 25.0. The maximum Gasteiger partial charge on any atom is 0.326 e. The minimum Gasteiger partial charge on any atom is -0.480 e. The largest absolute Gasteiger partial charge is 0.480 e. The van der Waals surface area contributed by atoms with Crippen LogP contribution in [0, 0.1) is 5.92 Å². The molecule has 1 atom stereocenters. The van der Waals surface area contributed by atoms with Crippen LogP contribution >= 0.6 is 0 Å². The van der Waals surface area contributed by atoms with Crippen molar-refractivity contribution < 1.29 is 14.7 Å². The molecular weight excluding hydrogens is 258 g/mol. The lowest BCUT2D eigenvalue weighted by atomic mass is 10.0. The van der Waals surface area contributed by atoms with Crippen molar-refractivity contribution in [2.45, 2.75) is 45.6 Å². The summed E-state index contributed by atoms with van der Waals surface area (Å²) in [6, 6.07) is -1.21. The van der Waals surface area contributed by atoms with Crippen molar-refractivity contribution in [2.24, 2.45) is 5.92 Å². The number of carboxylic acids is 1. The molecule has 3 N–H and O–H groups in total. The third kappa shape index (κ3) is 6.75. The topological polar surface area (TPSA) is 81.7 Å². The van der Waals surface area contributed by atoms with Crippen LogP contribution in [0.5, 0.6) is 0 Å². The van der Waals surface area contributed by atoms with Gasteiger partial charge < -0.3 is 20.6 Å². The van der Waals surface area contributed by atoms with Gasteiger partial charge in [0.25, 0.3) is 0 Å². The van der Waals surface area contributed by atoms with Gasteiger partial charge in [-0.05, 0) is 38.3 Å². The Balaban J connectivity index is 2.21. The number of hydrogen-bond donors (Lipinski definition) is 3. The molecule has 0 radical (unpaired) electrons. The first-order valence-electron chi connectivity index (χ1n) is 7.48. The second-order valence-corrected chi connectivity index (χ2v) is 5.82. The Kier molecular flexibility index (Phi) is 7.36. The van der Waals surface area contributed by atoms with Crippen LogP contribution < -0.4 is 10.6 Å². The first-order chi connectivity index (χ1) is 9.49. The molecule has 0 aromatic carbocycles. The summed E-state index contributed by atoms with van der Waals surface area (Å²) in [5.41, 5.74) is 0. The number of nitrogens with zero attached hydrogens (tertiary/aromatic N) is 1. The van der Waals surface area contributed by atoms with Crippen LogP contribution in [0.15, 0.2) is 0 Å². The summed E-state index contributed by atoms with van der Waals surface area (Å²) in [5, 5.41) is 14.3. The van der Waals surface area contributed by atoms with Gasteiger partial charge in [0.05, 0.1) is 0 Å². The van der Waals surface area contributed by atoms with Crippen LogP contribution in [-0.2, 0) is 4.79 Å². The van der Waals surface area contributed by atoms with Crippen LogP contribution in [-0.4, -0.2) is 54.2 Å². The SMILES string of the molecule is CC(C)C[C@@H](NC(=O)NCCN1CCCCC1)C(=O)O. The lowest BCUT2D eigenvalue weighted by Crippen LogP contribution is -2.48. The number of likely N-dealkylation sites (tertiary alicyclic amines) is 1. The molecule has 6 heteroatoms. The molecule has 1 heterocycles. The fourth-order valence-electron chi connectivity index (χ4n) is 2.41. The fraction of sp³-hybridized carbons (Fsp3) is 0.857. The Morgan fingerprint density at radius 1 is 1.20 bits per heavy atom. The number of piperidine rings is 1. The molecule has 0 bridgehead atoms. The monoisotopic (exact) mass is 285 g/mol. The average molecular weight is 285 g/mol. The predicted octanol–water partition coefficient (Wildman–Crippen LogP) is 1.27. The van der Waals surface area contributed by atoms with Crippen LogP contribution in [0.3, 0.4) is 0 Å². The van der Waals surface area contributed by atoms with Gasteiger partial charge in [-0.2, -0.15) is 0 Å². The Labute approximate surface area is 120 Å². The van der Waals surface area contributed by atoms with E-state index in [-0.39, 0.29) is 5.92 Å². The number of carboxylic acid groups (broad SMARTS) is 1. The van der Waals surface area contributed by atoms with E-state index in [9.17, 15) is 9.59 Å². The molecule has 1 saturated heterocycles. The number of carbonyl (C=O) groups is 2. The Morgan fingerprint density at radius 3 is 2.40 bits per heavy atom. The summed E-state index contributed by atoms with van der Waals surface area (Å²) >= 11 is 0. The van der Waals surface area contributed by atoms with Gasteiger partial charge in [0.1, 0.15) is 6.04 Å². The number of hydrogen-bond acceptors (Lipinski definition) is 3. The summed E-state index contributed by atoms with van der Waals surface area (Å²) in [7, 11) is 0. The average Bonchev–Trinajstić information content (AvgIpc) is 2.38. The van der Waals surface area contributed by atoms with Crippen molar-refractivity contribution in [3.8, 4) is 0 Å². The van der Waals surface area contributed by atoms with Gasteiger partial charge in [-0.25, -0.2) is 9.59 Å². The van der Waals surface area contributed by atoms with Gasteiger partial charge >= 0.3 is 12.0 Å². The number of nitrogens with one attached hydrogen (secondary N) is 2. The van der Waals surface area contributed by atoms with Crippen molar-refractivity contribution in [1.29, 1.82) is 0 Å². The van der Waals surface area contributed by atoms with Crippen LogP contribution in [0.25, 0.3) is 0 Å². The fourth-order valence-corrected chi connectivity index (χ4v) is 2.41. The van der Waals surface area contributed by atoms with E-state index in [1.807, 2.05) is 13.8 Å². The van der Waals surface area contributed by atoms with Gasteiger partial charge in [-0.3, -0.25) is 0 Å². The van der Waals surface area contributed by atoms with E-state index in [2.05, 4.69) is 15.5 Å². The molecule has 0 aliphatic carbocycles. The molecule has 1 fully saturated rings. The maximum atomic E-state index is 11.7. The molecule has 6 nitrogen and oxygen atoms in total. The van der Waals surface area contributed by atoms with E-state index in [4.69, 9.17) is 5.11 Å². The van der Waals surface area contributed by atoms with Crippen LogP contribution in [0.1, 0.15) is 39.5 Å². The molecule has 2 amide bonds. The predicted molar refractivity (Wildman–Crippen MR) is 77.7 cm³/mol. The van der Waals surface area contributed by atoms with E-state index < -0.39 is 18.0 Å². The van der Waals surface area contributed by atoms with Gasteiger partial charge in [0, 0.05) is 13.1 Å². The van der Waals surface area contributed by atoms with Gasteiger partial charge in [0.15, 0.2) is 0 Å². The van der Waals surface area contributed by atoms with Gasteiger partial charge in [-0.1, -0.05) is 20.3 Å². The second-order valence-electron chi connectivity index (χ2n) is 5.82. The molecule has 0 spiro atoms. The normalized spacial score (nSPS) is 17.8. The lowest BCUT2D eigenvalue weighted by molar-refractivity contribution is -0.139. The first kappa shape index (κ1) is 16.8. The minimum atomic E-state index is -0.982. The van der Waals surface area contributed by atoms with Crippen molar-refractivity contribution in [3.05, 3.63) is 0 Å². The zero-order valence-corrected chi connectivity index (χ0v) is 12.5. The van der Waals surface area contributed by atoms with Crippen molar-refractivity contribution in [3.63, 3.8) is 0 Å². The molecule has 116 valence electrons. The molecule has 1 rings (SSSR count). The molecule has 0 aromatic rings. The standard InChI is InChI=1S/C14H27N3O3/c1-11(2)10-12(13(18)19)16-14(20)15-6-9-17-7-4-3-5-8-17/h11-12H,3-10H2,1-2H3,(H,18,19)(H2,15,16,20)/t12-/m1/s1. The van der Waals surface area contributed by atoms with E-state index in [0.717, 1.165) is 19.6 Å². The number of urea groups is 1. The lowest BCUT2D eigenvalue weighted by Gasteiger charge is -2.26. The summed E-state index contributed by atoms with van der Waals surface area (Å²) in [5.74, 6) is -0.755. The highest BCUT2D eigenvalue weighted by Gasteiger charge is 2.20. The molecule has 20 heavy (non-hydrogen) atoms. The minimum absolute atomic E-state index is 0.227. The Bertz CT molecular complexity index is 315. The maximum absolute atomic E-state index is 11.7. The molecule has 0 aromatic heterocycles. The van der Waals surface area contributed by atoms with Crippen molar-refractivity contribution >= 4 is 12.0 Å². The Morgan fingerprint density at radius 2 is 1.85 bits per heavy atom. The van der Waals surface area contributed by atoms with E-state index in [1.54, 1.807) is 0 Å². The van der Waals surface area contributed by atoms with Gasteiger partial charge in [-0.15, -0.1) is 0 Å². The van der Waals surface area contributed by atoms with Crippen molar-refractivity contribution in [1.82, 2.24) is 15.5 Å². The number of aliphatic carboxylic acids is 1. The number of carbonyl (C=O) groups excluding carboxylic acids is 1. The Hall–Kier alpha value is -1.30. The van der Waals surface area contributed by atoms with E-state index in [0.29, 0.717) is 13.0 Å². The third-order valence-electron chi connectivity index (χ3n) is 3.47. The smallest absolute Gasteiger partial charge is 0.326 e. The molecule has 0 unspecified atom stereocenters. The highest BCUT2D eigenvalue weighted by atomic mass is 16.4. The first-order valence-corrected chi connectivity index (χ1v) is 7.48. The highest BCUT2D eigenvalue weighted by Crippen LogP contribution is 2.07. The van der Waals surface area contributed by atoms with Crippen LogP contribution in [0.2, 0.25) is 0 Å². The third-order valence-corrected chi connectivity index (χ3v) is 3.47. The van der Waals surface area contributed by atoms with Gasteiger partial charge in [0.2, 0.25) is 0 Å². The zero-order chi connectivity index (χ0) is 15.0. The number of rotatable bonds is 7. The van der Waals surface area contributed by atoms with Crippen molar-refractivity contribution in [2.75, 3.05) is 26.2 Å². The summed E-state index contributed by atoms with van der Waals surface area (Å²) in [6.45, 7) is 7.44. The molecule has 1 aliphatic rings. The summed E-state index contributed by atoms with van der Waals surface area (Å²) < 4.78 is 0. The zero-order valence-electron chi connectivity index (χ0n) is 12.5. The molecule has 0 saturated carbocycles. The van der Waals surface area contributed by atoms with E-state index in [1.165, 1.54) is 19.3 Å². The van der Waals surface area contributed by atoms with Crippen LogP contribution in [0.4, 0.5) is 4.79 Å². The quantitative estimate of drug-likeness (QED) is 0.658. The number of amides is 2.